The lowest BCUT2D eigenvalue weighted by Gasteiger charge is -2.27. The molecule has 4 rings (SSSR count). The number of aromatic nitrogens is 3. The number of H-pyrrole nitrogens is 1. The number of halogens is 1. The van der Waals surface area contributed by atoms with Gasteiger partial charge in [-0.05, 0) is 51.0 Å². The number of carbonyl (C=O) groups is 1. The first-order chi connectivity index (χ1) is 17.4. The average Bonchev–Trinajstić information content (AvgIpc) is 3.20. The molecule has 11 heteroatoms. The number of hydrogen-bond acceptors (Lipinski definition) is 7. The number of fused-ring (bicyclic) bond motifs is 1. The van der Waals surface area contributed by atoms with Crippen LogP contribution in [0.25, 0.3) is 16.9 Å². The van der Waals surface area contributed by atoms with Gasteiger partial charge in [-0.25, -0.2) is 27.6 Å². The Morgan fingerprint density at radius 1 is 1.16 bits per heavy atom. The van der Waals surface area contributed by atoms with Crippen molar-refractivity contribution >= 4 is 38.6 Å². The summed E-state index contributed by atoms with van der Waals surface area (Å²) in [4.78, 5) is 32.4. The van der Waals surface area contributed by atoms with E-state index in [-0.39, 0.29) is 39.3 Å². The Labute approximate surface area is 218 Å². The second kappa shape index (κ2) is 9.68. The molecule has 0 radical (unpaired) electrons. The first-order valence-electron chi connectivity index (χ1n) is 11.4. The van der Waals surface area contributed by atoms with Crippen LogP contribution in [0.5, 0.6) is 5.75 Å². The van der Waals surface area contributed by atoms with E-state index in [0.717, 1.165) is 4.57 Å². The zero-order valence-corrected chi connectivity index (χ0v) is 22.5. The van der Waals surface area contributed by atoms with E-state index in [1.54, 1.807) is 58.0 Å². The predicted molar refractivity (Wildman–Crippen MR) is 141 cm³/mol. The molecule has 0 aliphatic rings. The van der Waals surface area contributed by atoms with Gasteiger partial charge in [-0.1, -0.05) is 41.9 Å². The Bertz CT molecular complexity index is 1670. The summed E-state index contributed by atoms with van der Waals surface area (Å²) >= 11 is 6.55. The second-order valence-corrected chi connectivity index (χ2v) is 11.7. The van der Waals surface area contributed by atoms with Crippen LogP contribution in [0.3, 0.4) is 0 Å². The monoisotopic (exact) mass is 543 g/mol. The Kier molecular flexibility index (Phi) is 6.91. The largest absolute Gasteiger partial charge is 0.495 e. The van der Waals surface area contributed by atoms with E-state index >= 15 is 0 Å². The number of nitrogens with zero attached hydrogens (tertiary/aromatic N) is 2. The second-order valence-electron chi connectivity index (χ2n) is 8.84. The number of ether oxygens (including phenoxy) is 2. The highest BCUT2D eigenvalue weighted by Crippen LogP contribution is 2.41. The van der Waals surface area contributed by atoms with Gasteiger partial charge in [0.15, 0.2) is 21.2 Å². The summed E-state index contributed by atoms with van der Waals surface area (Å²) in [6.45, 7) is 6.73. The lowest BCUT2D eigenvalue weighted by molar-refractivity contribution is 0.0519. The van der Waals surface area contributed by atoms with E-state index in [9.17, 15) is 18.0 Å². The fourth-order valence-electron chi connectivity index (χ4n) is 4.10. The van der Waals surface area contributed by atoms with Gasteiger partial charge in [0.05, 0.1) is 34.7 Å². The zero-order chi connectivity index (χ0) is 27.1. The molecule has 4 aromatic rings. The third-order valence-electron chi connectivity index (χ3n) is 6.23. The highest BCUT2D eigenvalue weighted by Gasteiger charge is 2.40. The van der Waals surface area contributed by atoms with Crippen molar-refractivity contribution in [2.75, 3.05) is 13.7 Å². The van der Waals surface area contributed by atoms with E-state index in [4.69, 9.17) is 21.1 Å². The molecule has 37 heavy (non-hydrogen) atoms. The fraction of sp³-hybridized carbons (Fsp3) is 0.269. The molecule has 0 saturated carbocycles. The third kappa shape index (κ3) is 4.40. The summed E-state index contributed by atoms with van der Waals surface area (Å²) in [5.74, 6) is -0.622. The quantitative estimate of drug-likeness (QED) is 0.339. The van der Waals surface area contributed by atoms with Crippen molar-refractivity contribution in [2.45, 2.75) is 37.3 Å². The molecule has 0 unspecified atom stereocenters. The predicted octanol–water partition coefficient (Wildman–Crippen LogP) is 4.57. The van der Waals surface area contributed by atoms with Gasteiger partial charge in [0.25, 0.3) is 0 Å². The molecule has 194 valence electrons. The minimum absolute atomic E-state index is 0.00212. The maximum Gasteiger partial charge on any atom is 0.357 e. The first kappa shape index (κ1) is 26.4. The smallest absolute Gasteiger partial charge is 0.357 e. The number of methoxy groups -OCH3 is 1. The zero-order valence-electron chi connectivity index (χ0n) is 21.0. The van der Waals surface area contributed by atoms with Crippen LogP contribution >= 0.6 is 11.6 Å². The number of imidazole rings is 1. The number of aryl methyl sites for hydroxylation is 1. The Morgan fingerprint density at radius 2 is 1.84 bits per heavy atom. The molecule has 0 bridgehead atoms. The van der Waals surface area contributed by atoms with Crippen LogP contribution in [0.2, 0.25) is 5.02 Å². The van der Waals surface area contributed by atoms with Gasteiger partial charge in [-0.3, -0.25) is 0 Å². The number of benzene rings is 2. The summed E-state index contributed by atoms with van der Waals surface area (Å²) in [6, 6.07) is 12.9. The lowest BCUT2D eigenvalue weighted by atomic mass is 10.0. The van der Waals surface area contributed by atoms with Gasteiger partial charge in [-0.2, -0.15) is 0 Å². The number of rotatable bonds is 7. The molecule has 0 amide bonds. The van der Waals surface area contributed by atoms with Crippen LogP contribution in [0.4, 0.5) is 0 Å². The number of hydrogen-bond donors (Lipinski definition) is 1. The van der Waals surface area contributed by atoms with E-state index in [1.165, 1.54) is 25.3 Å². The molecule has 0 atom stereocenters. The van der Waals surface area contributed by atoms with Gasteiger partial charge < -0.3 is 14.5 Å². The van der Waals surface area contributed by atoms with Crippen LogP contribution in [-0.2, 0) is 19.3 Å². The van der Waals surface area contributed by atoms with Crippen molar-refractivity contribution in [3.8, 4) is 11.4 Å². The van der Waals surface area contributed by atoms with Crippen molar-refractivity contribution < 1.29 is 22.7 Å². The maximum atomic E-state index is 14.0. The van der Waals surface area contributed by atoms with Crippen molar-refractivity contribution in [3.05, 3.63) is 80.9 Å². The SMILES string of the molecule is CCOC(=O)c1cc(C)c2[nH]c(=O)n(-c3cc(S(=O)(=O)C(C)(C)c4ccccc4)c(OC)cc3Cl)c2n1. The van der Waals surface area contributed by atoms with E-state index in [1.807, 2.05) is 0 Å². The molecule has 0 spiro atoms. The summed E-state index contributed by atoms with van der Waals surface area (Å²) in [7, 11) is -2.73. The average molecular weight is 544 g/mol. The van der Waals surface area contributed by atoms with Crippen molar-refractivity contribution in [1.29, 1.82) is 0 Å². The molecule has 2 aromatic heterocycles. The Morgan fingerprint density at radius 3 is 2.46 bits per heavy atom. The molecule has 0 fully saturated rings. The van der Waals surface area contributed by atoms with Gasteiger partial charge >= 0.3 is 11.7 Å². The van der Waals surface area contributed by atoms with E-state index in [0.29, 0.717) is 16.6 Å². The standard InChI is InChI=1S/C26H26ClN3O6S/c1-6-36-24(31)18-12-15(2)22-23(28-18)30(25(32)29-22)19-14-21(20(35-5)13-17(19)27)37(33,34)26(3,4)16-10-8-7-9-11-16/h7-14H,6H2,1-5H3,(H,29,32). The van der Waals surface area contributed by atoms with E-state index in [2.05, 4.69) is 9.97 Å². The molecular formula is C26H26ClN3O6S. The van der Waals surface area contributed by atoms with Crippen molar-refractivity contribution in [1.82, 2.24) is 14.5 Å². The van der Waals surface area contributed by atoms with Crippen LogP contribution in [-0.4, -0.2) is 42.6 Å². The van der Waals surface area contributed by atoms with Crippen LogP contribution in [0, 0.1) is 6.92 Å². The van der Waals surface area contributed by atoms with Gasteiger partial charge in [0.1, 0.15) is 10.6 Å². The number of esters is 1. The van der Waals surface area contributed by atoms with Crippen molar-refractivity contribution in [2.24, 2.45) is 0 Å². The lowest BCUT2D eigenvalue weighted by Crippen LogP contribution is -2.30. The van der Waals surface area contributed by atoms with Crippen LogP contribution in [0.1, 0.15) is 42.4 Å². The van der Waals surface area contributed by atoms with Crippen molar-refractivity contribution in [3.63, 3.8) is 0 Å². The highest BCUT2D eigenvalue weighted by atomic mass is 35.5. The molecule has 0 aliphatic heterocycles. The minimum atomic E-state index is -4.07. The number of sulfone groups is 1. The molecule has 9 nitrogen and oxygen atoms in total. The van der Waals surface area contributed by atoms with Crippen LogP contribution < -0.4 is 10.4 Å². The van der Waals surface area contributed by atoms with Gasteiger partial charge in [-0.15, -0.1) is 0 Å². The molecular weight excluding hydrogens is 518 g/mol. The van der Waals surface area contributed by atoms with Gasteiger partial charge in [0.2, 0.25) is 0 Å². The Balaban J connectivity index is 2.00. The summed E-state index contributed by atoms with van der Waals surface area (Å²) in [6.07, 6.45) is 0. The summed E-state index contributed by atoms with van der Waals surface area (Å²) < 4.78 is 38.2. The summed E-state index contributed by atoms with van der Waals surface area (Å²) in [5, 5.41) is 0.0531. The normalized spacial score (nSPS) is 12.1. The number of nitrogens with one attached hydrogen (secondary N) is 1. The molecule has 2 aromatic carbocycles. The summed E-state index contributed by atoms with van der Waals surface area (Å²) in [5.41, 5.74) is 1.09. The molecule has 0 saturated heterocycles. The maximum absolute atomic E-state index is 14.0. The molecule has 0 aliphatic carbocycles. The van der Waals surface area contributed by atoms with E-state index < -0.39 is 26.2 Å². The molecule has 2 heterocycles. The third-order valence-corrected chi connectivity index (χ3v) is 9.01. The number of aromatic amines is 1. The Hall–Kier alpha value is -3.63. The van der Waals surface area contributed by atoms with Gasteiger partial charge in [0, 0.05) is 6.07 Å². The number of carbonyl (C=O) groups excluding carboxylic acids is 1. The fourth-order valence-corrected chi connectivity index (χ4v) is 6.01. The highest BCUT2D eigenvalue weighted by molar-refractivity contribution is 7.92. The minimum Gasteiger partial charge on any atom is -0.495 e. The number of pyridine rings is 1. The molecule has 1 N–H and O–H groups in total. The first-order valence-corrected chi connectivity index (χ1v) is 13.3. The van der Waals surface area contributed by atoms with Crippen LogP contribution in [0.15, 0.2) is 58.2 Å². The topological polar surface area (TPSA) is 120 Å².